The molecule has 0 heterocycles. The molecule has 0 atom stereocenters. The maximum Gasteiger partial charge on any atom is 1.00 e. The molecule has 2 N–H and O–H groups in total. The average Bonchev–Trinajstić information content (AvgIpc) is 2.47. The van der Waals surface area contributed by atoms with Crippen LogP contribution in [0.3, 0.4) is 0 Å². The van der Waals surface area contributed by atoms with Crippen LogP contribution in [0.4, 0.5) is 5.69 Å². The van der Waals surface area contributed by atoms with E-state index in [1.807, 2.05) is 32.0 Å². The minimum atomic E-state index is -1.30. The van der Waals surface area contributed by atoms with Crippen molar-refractivity contribution in [2.45, 2.75) is 39.7 Å². The second kappa shape index (κ2) is 9.21. The van der Waals surface area contributed by atoms with Crippen LogP contribution in [0.1, 0.15) is 30.5 Å². The number of hydrogen-bond donors (Lipinski definition) is 2. The maximum atomic E-state index is 12.2. The molecule has 0 spiro atoms. The van der Waals surface area contributed by atoms with Gasteiger partial charge in [0.25, 0.3) is 0 Å². The van der Waals surface area contributed by atoms with Gasteiger partial charge in [0.15, 0.2) is 5.60 Å². The summed E-state index contributed by atoms with van der Waals surface area (Å²) in [6.45, 7) is 6.95. The van der Waals surface area contributed by atoms with E-state index < -0.39 is 11.6 Å². The maximum absolute atomic E-state index is 12.2. The monoisotopic (exact) mass is 364 g/mol. The summed E-state index contributed by atoms with van der Waals surface area (Å²) in [6, 6.07) is 12.8. The molecule has 26 heavy (non-hydrogen) atoms. The third-order valence-electron chi connectivity index (χ3n) is 3.68. The minimum absolute atomic E-state index is 0. The van der Waals surface area contributed by atoms with Crippen molar-refractivity contribution in [2.24, 2.45) is 0 Å². The molecule has 0 aromatic heterocycles. The molecule has 0 bridgehead atoms. The number of ether oxygens (including phenoxy) is 1. The van der Waals surface area contributed by atoms with Crippen LogP contribution in [-0.2, 0) is 16.0 Å². The van der Waals surface area contributed by atoms with Crippen molar-refractivity contribution in [1.29, 1.82) is 0 Å². The Morgan fingerprint density at radius 3 is 2.08 bits per heavy atom. The van der Waals surface area contributed by atoms with Crippen LogP contribution < -0.4 is 39.6 Å². The number of amides is 1. The predicted molar refractivity (Wildman–Crippen MR) is 97.0 cm³/mol. The zero-order valence-corrected chi connectivity index (χ0v) is 17.9. The van der Waals surface area contributed by atoms with E-state index in [1.165, 1.54) is 13.8 Å². The SMILES string of the molecule is Cc1cc(C)cc(NC(=O)Cc2ccc(OC(C)(C)C(=O)O)cc2)c1.[Na+]. The van der Waals surface area contributed by atoms with Gasteiger partial charge in [0, 0.05) is 5.69 Å². The number of nitrogens with one attached hydrogen (secondary N) is 1. The summed E-state index contributed by atoms with van der Waals surface area (Å²) in [5, 5.41) is 12.0. The Labute approximate surface area is 176 Å². The van der Waals surface area contributed by atoms with Gasteiger partial charge >= 0.3 is 35.5 Å². The van der Waals surface area contributed by atoms with Crippen LogP contribution >= 0.6 is 0 Å². The summed E-state index contributed by atoms with van der Waals surface area (Å²) in [4.78, 5) is 23.3. The molecular weight excluding hydrogens is 341 g/mol. The number of carbonyl (C=O) groups is 2. The summed E-state index contributed by atoms with van der Waals surface area (Å²) < 4.78 is 5.45. The van der Waals surface area contributed by atoms with Gasteiger partial charge in [-0.1, -0.05) is 18.2 Å². The quantitative estimate of drug-likeness (QED) is 0.741. The first-order chi connectivity index (χ1) is 11.7. The molecule has 1 amide bonds. The minimum Gasteiger partial charge on any atom is -0.478 e. The van der Waals surface area contributed by atoms with E-state index in [9.17, 15) is 9.59 Å². The first-order valence-corrected chi connectivity index (χ1v) is 8.05. The Hall–Kier alpha value is -1.82. The van der Waals surface area contributed by atoms with E-state index >= 15 is 0 Å². The van der Waals surface area contributed by atoms with E-state index in [0.717, 1.165) is 22.4 Å². The zero-order valence-electron chi connectivity index (χ0n) is 15.9. The van der Waals surface area contributed by atoms with Gasteiger partial charge in [-0.2, -0.15) is 0 Å². The van der Waals surface area contributed by atoms with Gasteiger partial charge in [0.05, 0.1) is 6.42 Å². The van der Waals surface area contributed by atoms with E-state index in [2.05, 4.69) is 5.32 Å². The topological polar surface area (TPSA) is 75.6 Å². The fraction of sp³-hybridized carbons (Fsp3) is 0.300. The molecule has 2 rings (SSSR count). The number of benzene rings is 2. The number of aryl methyl sites for hydroxylation is 2. The van der Waals surface area contributed by atoms with Crippen molar-refractivity contribution in [3.05, 3.63) is 59.2 Å². The van der Waals surface area contributed by atoms with E-state index in [1.54, 1.807) is 24.3 Å². The molecular formula is C20H23NNaO4+. The number of anilines is 1. The molecule has 6 heteroatoms. The van der Waals surface area contributed by atoms with Crippen LogP contribution in [-0.4, -0.2) is 22.6 Å². The number of carboxylic acids is 1. The van der Waals surface area contributed by atoms with Crippen LogP contribution in [0, 0.1) is 13.8 Å². The van der Waals surface area contributed by atoms with Gasteiger partial charge in [-0.05, 0) is 68.7 Å². The first-order valence-electron chi connectivity index (χ1n) is 8.05. The van der Waals surface area contributed by atoms with Crippen LogP contribution in [0.2, 0.25) is 0 Å². The van der Waals surface area contributed by atoms with Gasteiger partial charge in [0.2, 0.25) is 5.91 Å². The number of aliphatic carboxylic acids is 1. The third-order valence-corrected chi connectivity index (χ3v) is 3.68. The second-order valence-corrected chi connectivity index (χ2v) is 6.66. The summed E-state index contributed by atoms with van der Waals surface area (Å²) in [6.07, 6.45) is 0.232. The summed E-state index contributed by atoms with van der Waals surface area (Å²) in [5.41, 5.74) is 2.49. The second-order valence-electron chi connectivity index (χ2n) is 6.66. The molecule has 0 aliphatic heterocycles. The van der Waals surface area contributed by atoms with Gasteiger partial charge in [0.1, 0.15) is 5.75 Å². The Bertz CT molecular complexity index is 765. The molecule has 2 aromatic carbocycles. The fourth-order valence-corrected chi connectivity index (χ4v) is 2.45. The van der Waals surface area contributed by atoms with Crippen molar-refractivity contribution in [3.63, 3.8) is 0 Å². The summed E-state index contributed by atoms with van der Waals surface area (Å²) in [5.74, 6) is -0.695. The van der Waals surface area contributed by atoms with E-state index in [4.69, 9.17) is 9.84 Å². The normalized spacial score (nSPS) is 10.6. The fourth-order valence-electron chi connectivity index (χ4n) is 2.45. The average molecular weight is 364 g/mol. The van der Waals surface area contributed by atoms with Crippen LogP contribution in [0.5, 0.6) is 5.75 Å². The van der Waals surface area contributed by atoms with Gasteiger partial charge in [-0.25, -0.2) is 4.79 Å². The molecule has 0 saturated carbocycles. The van der Waals surface area contributed by atoms with Crippen LogP contribution in [0.15, 0.2) is 42.5 Å². The molecule has 2 aromatic rings. The molecule has 132 valence electrons. The smallest absolute Gasteiger partial charge is 0.478 e. The van der Waals surface area contributed by atoms with Gasteiger partial charge < -0.3 is 15.2 Å². The first kappa shape index (κ1) is 22.2. The van der Waals surface area contributed by atoms with Crippen molar-refractivity contribution < 1.29 is 49.0 Å². The summed E-state index contributed by atoms with van der Waals surface area (Å²) in [7, 11) is 0. The largest absolute Gasteiger partial charge is 1.00 e. The Morgan fingerprint density at radius 1 is 1.04 bits per heavy atom. The molecule has 0 unspecified atom stereocenters. The Balaban J connectivity index is 0.00000338. The Kier molecular flexibility index (Phi) is 7.87. The number of carboxylic acid groups (broad SMARTS) is 1. The Morgan fingerprint density at radius 2 is 1.58 bits per heavy atom. The number of rotatable bonds is 6. The zero-order chi connectivity index (χ0) is 18.6. The van der Waals surface area contributed by atoms with E-state index in [0.29, 0.717) is 5.75 Å². The molecule has 0 aliphatic carbocycles. The summed E-state index contributed by atoms with van der Waals surface area (Å²) >= 11 is 0. The number of hydrogen-bond acceptors (Lipinski definition) is 3. The van der Waals surface area contributed by atoms with Crippen LogP contribution in [0.25, 0.3) is 0 Å². The molecule has 0 aliphatic rings. The standard InChI is InChI=1S/C20H23NO4.Na/c1-13-9-14(2)11-16(10-13)21-18(22)12-15-5-7-17(8-6-15)25-20(3,4)19(23)24;/h5-11H,12H2,1-4H3,(H,21,22)(H,23,24);/q;+1. The van der Waals surface area contributed by atoms with Crippen molar-refractivity contribution >= 4 is 17.6 Å². The predicted octanol–water partition coefficient (Wildman–Crippen LogP) is 0.731. The molecule has 5 nitrogen and oxygen atoms in total. The molecule has 0 saturated heterocycles. The number of carbonyl (C=O) groups excluding carboxylic acids is 1. The van der Waals surface area contributed by atoms with Crippen molar-refractivity contribution in [3.8, 4) is 5.75 Å². The van der Waals surface area contributed by atoms with Gasteiger partial charge in [-0.15, -0.1) is 0 Å². The molecule has 0 radical (unpaired) electrons. The van der Waals surface area contributed by atoms with Crippen molar-refractivity contribution in [1.82, 2.24) is 0 Å². The van der Waals surface area contributed by atoms with Crippen molar-refractivity contribution in [2.75, 3.05) is 5.32 Å². The van der Waals surface area contributed by atoms with Gasteiger partial charge in [-0.3, -0.25) is 4.79 Å². The van der Waals surface area contributed by atoms with E-state index in [-0.39, 0.29) is 41.9 Å². The molecule has 0 fully saturated rings. The third kappa shape index (κ3) is 6.48.